The van der Waals surface area contributed by atoms with Crippen LogP contribution in [0.1, 0.15) is 36.7 Å². The van der Waals surface area contributed by atoms with E-state index >= 15 is 0 Å². The standard InChI is InChI=1S/C20H24N2O4/c1-4-25-18-11-10-17(12-19(18)26-5-2)22-20(24)16-8-6-15(7-9-16)13-21-14(3)23/h6-12H,4-5,13H2,1-3H3,(H,21,23)(H,22,24). The normalized spacial score (nSPS) is 10.1. The molecule has 0 unspecified atom stereocenters. The number of benzene rings is 2. The predicted octanol–water partition coefficient (Wildman–Crippen LogP) is 3.37. The van der Waals surface area contributed by atoms with Gasteiger partial charge < -0.3 is 20.1 Å². The van der Waals surface area contributed by atoms with Gasteiger partial charge in [-0.05, 0) is 43.7 Å². The first-order chi connectivity index (χ1) is 12.5. The van der Waals surface area contributed by atoms with Gasteiger partial charge >= 0.3 is 0 Å². The van der Waals surface area contributed by atoms with Gasteiger partial charge in [-0.2, -0.15) is 0 Å². The summed E-state index contributed by atoms with van der Waals surface area (Å²) >= 11 is 0. The lowest BCUT2D eigenvalue weighted by atomic mass is 10.1. The van der Waals surface area contributed by atoms with E-state index in [1.807, 2.05) is 26.0 Å². The molecule has 0 saturated heterocycles. The van der Waals surface area contributed by atoms with Crippen molar-refractivity contribution in [1.82, 2.24) is 5.32 Å². The minimum Gasteiger partial charge on any atom is -0.490 e. The molecule has 0 aromatic heterocycles. The van der Waals surface area contributed by atoms with Gasteiger partial charge in [0.15, 0.2) is 11.5 Å². The van der Waals surface area contributed by atoms with Gasteiger partial charge in [0.05, 0.1) is 13.2 Å². The Bertz CT molecular complexity index is 757. The molecule has 2 aromatic rings. The van der Waals surface area contributed by atoms with Crippen molar-refractivity contribution < 1.29 is 19.1 Å². The van der Waals surface area contributed by atoms with E-state index in [4.69, 9.17) is 9.47 Å². The number of carbonyl (C=O) groups excluding carboxylic acids is 2. The molecule has 0 fully saturated rings. The molecule has 26 heavy (non-hydrogen) atoms. The predicted molar refractivity (Wildman–Crippen MR) is 101 cm³/mol. The van der Waals surface area contributed by atoms with E-state index in [2.05, 4.69) is 10.6 Å². The van der Waals surface area contributed by atoms with Crippen molar-refractivity contribution in [3.63, 3.8) is 0 Å². The van der Waals surface area contributed by atoms with Crippen LogP contribution in [0.15, 0.2) is 42.5 Å². The molecular weight excluding hydrogens is 332 g/mol. The molecule has 2 N–H and O–H groups in total. The average Bonchev–Trinajstić information content (AvgIpc) is 2.63. The third-order valence-electron chi connectivity index (χ3n) is 3.56. The number of carbonyl (C=O) groups is 2. The summed E-state index contributed by atoms with van der Waals surface area (Å²) in [6, 6.07) is 12.4. The zero-order chi connectivity index (χ0) is 18.9. The Morgan fingerprint density at radius 1 is 0.923 bits per heavy atom. The Morgan fingerprint density at radius 3 is 2.19 bits per heavy atom. The van der Waals surface area contributed by atoms with Crippen LogP contribution in [0.4, 0.5) is 5.69 Å². The Kier molecular flexibility index (Phi) is 7.02. The summed E-state index contributed by atoms with van der Waals surface area (Å²) in [4.78, 5) is 23.4. The molecular formula is C20H24N2O4. The van der Waals surface area contributed by atoms with Gasteiger partial charge in [-0.3, -0.25) is 9.59 Å². The molecule has 0 saturated carbocycles. The van der Waals surface area contributed by atoms with Crippen molar-refractivity contribution in [2.75, 3.05) is 18.5 Å². The fourth-order valence-electron chi connectivity index (χ4n) is 2.33. The highest BCUT2D eigenvalue weighted by molar-refractivity contribution is 6.04. The summed E-state index contributed by atoms with van der Waals surface area (Å²) in [5, 5.41) is 5.57. The minimum absolute atomic E-state index is 0.0904. The van der Waals surface area contributed by atoms with Crippen molar-refractivity contribution >= 4 is 17.5 Å². The van der Waals surface area contributed by atoms with Crippen LogP contribution in [0.5, 0.6) is 11.5 Å². The maximum atomic E-state index is 12.4. The summed E-state index contributed by atoms with van der Waals surface area (Å²) in [7, 11) is 0. The van der Waals surface area contributed by atoms with E-state index in [9.17, 15) is 9.59 Å². The van der Waals surface area contributed by atoms with Crippen LogP contribution in [-0.2, 0) is 11.3 Å². The number of anilines is 1. The summed E-state index contributed by atoms with van der Waals surface area (Å²) in [6.07, 6.45) is 0. The Hall–Kier alpha value is -3.02. The lowest BCUT2D eigenvalue weighted by molar-refractivity contribution is -0.119. The average molecular weight is 356 g/mol. The number of ether oxygens (including phenoxy) is 2. The van der Waals surface area contributed by atoms with E-state index < -0.39 is 0 Å². The van der Waals surface area contributed by atoms with Crippen LogP contribution in [0.3, 0.4) is 0 Å². The lowest BCUT2D eigenvalue weighted by Crippen LogP contribution is -2.19. The molecule has 2 rings (SSSR count). The second kappa shape index (κ2) is 9.46. The number of hydrogen-bond donors (Lipinski definition) is 2. The summed E-state index contributed by atoms with van der Waals surface area (Å²) in [5.74, 6) is 0.933. The maximum Gasteiger partial charge on any atom is 0.255 e. The van der Waals surface area contributed by atoms with Crippen LogP contribution < -0.4 is 20.1 Å². The molecule has 2 amide bonds. The van der Waals surface area contributed by atoms with Crippen LogP contribution >= 0.6 is 0 Å². The molecule has 6 heteroatoms. The molecule has 0 bridgehead atoms. The van der Waals surface area contributed by atoms with E-state index in [0.29, 0.717) is 42.5 Å². The Morgan fingerprint density at radius 2 is 1.58 bits per heavy atom. The molecule has 138 valence electrons. The van der Waals surface area contributed by atoms with Gasteiger partial charge in [0.1, 0.15) is 0 Å². The van der Waals surface area contributed by atoms with Gasteiger partial charge in [-0.25, -0.2) is 0 Å². The van der Waals surface area contributed by atoms with Gasteiger partial charge in [0.2, 0.25) is 5.91 Å². The molecule has 0 aliphatic heterocycles. The summed E-state index contributed by atoms with van der Waals surface area (Å²) < 4.78 is 11.1. The van der Waals surface area contributed by atoms with Crippen molar-refractivity contribution in [3.05, 3.63) is 53.6 Å². The van der Waals surface area contributed by atoms with E-state index in [-0.39, 0.29) is 11.8 Å². The van der Waals surface area contributed by atoms with Crippen molar-refractivity contribution in [3.8, 4) is 11.5 Å². The first-order valence-corrected chi connectivity index (χ1v) is 8.57. The Labute approximate surface area is 153 Å². The number of amides is 2. The van der Waals surface area contributed by atoms with Gasteiger partial charge in [-0.15, -0.1) is 0 Å². The summed E-state index contributed by atoms with van der Waals surface area (Å²) in [6.45, 7) is 6.75. The molecule has 0 aliphatic carbocycles. The van der Waals surface area contributed by atoms with Crippen LogP contribution in [-0.4, -0.2) is 25.0 Å². The van der Waals surface area contributed by atoms with Crippen LogP contribution in [0, 0.1) is 0 Å². The quantitative estimate of drug-likeness (QED) is 0.760. The van der Waals surface area contributed by atoms with Crippen molar-refractivity contribution in [1.29, 1.82) is 0 Å². The number of hydrogen-bond acceptors (Lipinski definition) is 4. The molecule has 0 heterocycles. The highest BCUT2D eigenvalue weighted by Crippen LogP contribution is 2.30. The second-order valence-corrected chi connectivity index (χ2v) is 5.59. The van der Waals surface area contributed by atoms with Crippen LogP contribution in [0.25, 0.3) is 0 Å². The molecule has 6 nitrogen and oxygen atoms in total. The highest BCUT2D eigenvalue weighted by atomic mass is 16.5. The largest absolute Gasteiger partial charge is 0.490 e. The molecule has 0 atom stereocenters. The fourth-order valence-corrected chi connectivity index (χ4v) is 2.33. The van der Waals surface area contributed by atoms with E-state index in [0.717, 1.165) is 5.56 Å². The number of rotatable bonds is 8. The van der Waals surface area contributed by atoms with Gasteiger partial charge in [-0.1, -0.05) is 12.1 Å². The van der Waals surface area contributed by atoms with Gasteiger partial charge in [0, 0.05) is 30.8 Å². The second-order valence-electron chi connectivity index (χ2n) is 5.59. The minimum atomic E-state index is -0.220. The molecule has 0 spiro atoms. The van der Waals surface area contributed by atoms with E-state index in [1.54, 1.807) is 30.3 Å². The number of nitrogens with one attached hydrogen (secondary N) is 2. The molecule has 2 aromatic carbocycles. The molecule has 0 radical (unpaired) electrons. The van der Waals surface area contributed by atoms with E-state index in [1.165, 1.54) is 6.92 Å². The lowest BCUT2D eigenvalue weighted by Gasteiger charge is -2.13. The van der Waals surface area contributed by atoms with Crippen molar-refractivity contribution in [2.45, 2.75) is 27.3 Å². The monoisotopic (exact) mass is 356 g/mol. The zero-order valence-corrected chi connectivity index (χ0v) is 15.3. The fraction of sp³-hybridized carbons (Fsp3) is 0.300. The van der Waals surface area contributed by atoms with Crippen molar-refractivity contribution in [2.24, 2.45) is 0 Å². The highest BCUT2D eigenvalue weighted by Gasteiger charge is 2.10. The third-order valence-corrected chi connectivity index (χ3v) is 3.56. The summed E-state index contributed by atoms with van der Waals surface area (Å²) in [5.41, 5.74) is 2.09. The first kappa shape index (κ1) is 19.3. The molecule has 0 aliphatic rings. The van der Waals surface area contributed by atoms with Gasteiger partial charge in [0.25, 0.3) is 5.91 Å². The topological polar surface area (TPSA) is 76.7 Å². The third kappa shape index (κ3) is 5.51. The SMILES string of the molecule is CCOc1ccc(NC(=O)c2ccc(CNC(C)=O)cc2)cc1OCC. The zero-order valence-electron chi connectivity index (χ0n) is 15.3. The smallest absolute Gasteiger partial charge is 0.255 e. The first-order valence-electron chi connectivity index (χ1n) is 8.57. The Balaban J connectivity index is 2.06. The maximum absolute atomic E-state index is 12.4. The van der Waals surface area contributed by atoms with Crippen LogP contribution in [0.2, 0.25) is 0 Å².